The number of aromatic nitrogens is 2. The second-order valence-corrected chi connectivity index (χ2v) is 3.38. The smallest absolute Gasteiger partial charge is 0.339 e. The van der Waals surface area contributed by atoms with Gasteiger partial charge < -0.3 is 9.84 Å². The second-order valence-electron chi connectivity index (χ2n) is 3.38. The maximum Gasteiger partial charge on any atom is 0.339 e. The summed E-state index contributed by atoms with van der Waals surface area (Å²) in [6, 6.07) is 0. The average Bonchev–Trinajstić information content (AvgIpc) is 2.54. The number of nitrogens with one attached hydrogen (secondary N) is 1. The molecule has 0 amide bonds. The predicted molar refractivity (Wildman–Crippen MR) is 54.8 cm³/mol. The van der Waals surface area contributed by atoms with Crippen molar-refractivity contribution < 1.29 is 14.6 Å². The Hall–Kier alpha value is -1.36. The Kier molecular flexibility index (Phi) is 4.30. The van der Waals surface area contributed by atoms with Crippen molar-refractivity contribution in [1.82, 2.24) is 10.2 Å². The van der Waals surface area contributed by atoms with E-state index in [9.17, 15) is 4.79 Å². The third-order valence-electron chi connectivity index (χ3n) is 2.12. The zero-order valence-corrected chi connectivity index (χ0v) is 9.04. The first-order valence-corrected chi connectivity index (χ1v) is 5.01. The monoisotopic (exact) mass is 212 g/mol. The summed E-state index contributed by atoms with van der Waals surface area (Å²) in [5.74, 6) is -0.963. The molecule has 84 valence electrons. The minimum atomic E-state index is -0.963. The highest BCUT2D eigenvalue weighted by atomic mass is 16.5. The fourth-order valence-corrected chi connectivity index (χ4v) is 1.28. The van der Waals surface area contributed by atoms with Gasteiger partial charge in [0.15, 0.2) is 0 Å². The van der Waals surface area contributed by atoms with Gasteiger partial charge in [0.25, 0.3) is 0 Å². The number of carboxylic acid groups (broad SMARTS) is 1. The zero-order valence-electron chi connectivity index (χ0n) is 9.04. The number of carboxylic acids is 1. The zero-order chi connectivity index (χ0) is 11.3. The molecule has 0 saturated heterocycles. The van der Waals surface area contributed by atoms with Crippen LogP contribution < -0.4 is 0 Å². The van der Waals surface area contributed by atoms with E-state index in [1.54, 1.807) is 6.92 Å². The lowest BCUT2D eigenvalue weighted by Gasteiger charge is -2.01. The molecule has 0 spiro atoms. The molecule has 15 heavy (non-hydrogen) atoms. The van der Waals surface area contributed by atoms with Gasteiger partial charge in [-0.25, -0.2) is 4.79 Å². The van der Waals surface area contributed by atoms with Crippen LogP contribution in [0.2, 0.25) is 0 Å². The molecular weight excluding hydrogens is 196 g/mol. The predicted octanol–water partition coefficient (Wildman–Crippen LogP) is 1.73. The van der Waals surface area contributed by atoms with Crippen molar-refractivity contribution in [2.45, 2.75) is 33.3 Å². The maximum absolute atomic E-state index is 10.9. The molecule has 5 heteroatoms. The van der Waals surface area contributed by atoms with Gasteiger partial charge >= 0.3 is 5.97 Å². The number of aryl methyl sites for hydroxylation is 1. The molecule has 1 heterocycles. The van der Waals surface area contributed by atoms with Crippen LogP contribution in [0.1, 0.15) is 41.5 Å². The topological polar surface area (TPSA) is 75.2 Å². The van der Waals surface area contributed by atoms with Crippen molar-refractivity contribution >= 4 is 5.97 Å². The fraction of sp³-hybridized carbons (Fsp3) is 0.600. The van der Waals surface area contributed by atoms with Crippen molar-refractivity contribution in [3.8, 4) is 0 Å². The van der Waals surface area contributed by atoms with Crippen LogP contribution in [-0.4, -0.2) is 27.9 Å². The average molecular weight is 212 g/mol. The minimum absolute atomic E-state index is 0.228. The molecule has 0 fully saturated rings. The normalized spacial score (nSPS) is 10.5. The van der Waals surface area contributed by atoms with Gasteiger partial charge in [-0.05, 0) is 13.3 Å². The van der Waals surface area contributed by atoms with Crippen LogP contribution in [0.4, 0.5) is 0 Å². The molecule has 1 rings (SSSR count). The van der Waals surface area contributed by atoms with E-state index in [0.29, 0.717) is 18.0 Å². The Labute approximate surface area is 88.5 Å². The van der Waals surface area contributed by atoms with Gasteiger partial charge in [-0.3, -0.25) is 5.10 Å². The molecule has 2 N–H and O–H groups in total. The Balaban J connectivity index is 2.57. The van der Waals surface area contributed by atoms with E-state index in [1.165, 1.54) is 0 Å². The van der Waals surface area contributed by atoms with E-state index in [1.807, 2.05) is 0 Å². The molecule has 5 nitrogen and oxygen atoms in total. The molecule has 0 aliphatic rings. The highest BCUT2D eigenvalue weighted by molar-refractivity contribution is 5.90. The number of hydrogen-bond acceptors (Lipinski definition) is 3. The van der Waals surface area contributed by atoms with Crippen molar-refractivity contribution in [2.24, 2.45) is 0 Å². The quantitative estimate of drug-likeness (QED) is 0.704. The highest BCUT2D eigenvalue weighted by Crippen LogP contribution is 2.11. The van der Waals surface area contributed by atoms with Gasteiger partial charge in [-0.15, -0.1) is 0 Å². The molecule has 1 aromatic heterocycles. The summed E-state index contributed by atoms with van der Waals surface area (Å²) in [5, 5.41) is 15.5. The van der Waals surface area contributed by atoms with E-state index in [2.05, 4.69) is 17.1 Å². The van der Waals surface area contributed by atoms with Gasteiger partial charge in [-0.2, -0.15) is 5.10 Å². The van der Waals surface area contributed by atoms with Crippen LogP contribution in [0.3, 0.4) is 0 Å². The number of hydrogen-bond donors (Lipinski definition) is 2. The molecular formula is C10H16N2O3. The lowest BCUT2D eigenvalue weighted by atomic mass is 10.2. The summed E-state index contributed by atoms with van der Waals surface area (Å²) < 4.78 is 5.32. The van der Waals surface area contributed by atoms with Gasteiger partial charge in [0.2, 0.25) is 0 Å². The molecule has 0 atom stereocenters. The number of unbranched alkanes of at least 4 members (excludes halogenated alkanes) is 1. The first-order chi connectivity index (χ1) is 7.16. The molecule has 1 aromatic rings. The fourth-order valence-electron chi connectivity index (χ4n) is 1.28. The van der Waals surface area contributed by atoms with Crippen molar-refractivity contribution in [3.63, 3.8) is 0 Å². The van der Waals surface area contributed by atoms with Gasteiger partial charge in [0.1, 0.15) is 11.3 Å². The number of H-pyrrole nitrogens is 1. The van der Waals surface area contributed by atoms with Crippen LogP contribution in [0.15, 0.2) is 0 Å². The Morgan fingerprint density at radius 1 is 1.60 bits per heavy atom. The van der Waals surface area contributed by atoms with E-state index in [-0.39, 0.29) is 12.2 Å². The van der Waals surface area contributed by atoms with Crippen LogP contribution >= 0.6 is 0 Å². The van der Waals surface area contributed by atoms with E-state index in [0.717, 1.165) is 12.8 Å². The van der Waals surface area contributed by atoms with Crippen molar-refractivity contribution in [3.05, 3.63) is 17.0 Å². The maximum atomic E-state index is 10.9. The van der Waals surface area contributed by atoms with Crippen LogP contribution in [0.5, 0.6) is 0 Å². The molecule has 0 aliphatic carbocycles. The molecule has 0 unspecified atom stereocenters. The summed E-state index contributed by atoms with van der Waals surface area (Å²) in [6.45, 7) is 4.66. The standard InChI is InChI=1S/C10H16N2O3/c1-3-4-5-15-6-8-9(10(13)14)7(2)11-12-8/h3-6H2,1-2H3,(H,11,12)(H,13,14). The molecule has 0 aliphatic heterocycles. The lowest BCUT2D eigenvalue weighted by molar-refractivity contribution is 0.0685. The second kappa shape index (κ2) is 5.50. The van der Waals surface area contributed by atoms with E-state index in [4.69, 9.17) is 9.84 Å². The summed E-state index contributed by atoms with van der Waals surface area (Å²) in [5.41, 5.74) is 1.26. The number of rotatable bonds is 6. The Morgan fingerprint density at radius 2 is 2.33 bits per heavy atom. The summed E-state index contributed by atoms with van der Waals surface area (Å²) in [6.07, 6.45) is 2.04. The van der Waals surface area contributed by atoms with Crippen molar-refractivity contribution in [2.75, 3.05) is 6.61 Å². The molecule has 0 bridgehead atoms. The Bertz CT molecular complexity index is 333. The lowest BCUT2D eigenvalue weighted by Crippen LogP contribution is -2.04. The number of ether oxygens (including phenoxy) is 1. The SMILES string of the molecule is CCCCOCc1n[nH]c(C)c1C(=O)O. The summed E-state index contributed by atoms with van der Waals surface area (Å²) >= 11 is 0. The number of nitrogens with zero attached hydrogens (tertiary/aromatic N) is 1. The van der Waals surface area contributed by atoms with Crippen molar-refractivity contribution in [1.29, 1.82) is 0 Å². The summed E-state index contributed by atoms with van der Waals surface area (Å²) in [4.78, 5) is 10.9. The molecule has 0 saturated carbocycles. The number of carbonyl (C=O) groups is 1. The largest absolute Gasteiger partial charge is 0.478 e. The van der Waals surface area contributed by atoms with Gasteiger partial charge in [0.05, 0.1) is 6.61 Å². The van der Waals surface area contributed by atoms with Crippen LogP contribution in [0, 0.1) is 6.92 Å². The minimum Gasteiger partial charge on any atom is -0.478 e. The van der Waals surface area contributed by atoms with Crippen LogP contribution in [-0.2, 0) is 11.3 Å². The van der Waals surface area contributed by atoms with Gasteiger partial charge in [0, 0.05) is 12.3 Å². The first-order valence-electron chi connectivity index (χ1n) is 5.01. The molecule has 0 aromatic carbocycles. The third-order valence-corrected chi connectivity index (χ3v) is 2.12. The van der Waals surface area contributed by atoms with Crippen LogP contribution in [0.25, 0.3) is 0 Å². The van der Waals surface area contributed by atoms with E-state index >= 15 is 0 Å². The summed E-state index contributed by atoms with van der Waals surface area (Å²) in [7, 11) is 0. The van der Waals surface area contributed by atoms with E-state index < -0.39 is 5.97 Å². The third kappa shape index (κ3) is 3.06. The van der Waals surface area contributed by atoms with Gasteiger partial charge in [-0.1, -0.05) is 13.3 Å². The first kappa shape index (κ1) is 11.7. The number of aromatic carboxylic acids is 1. The number of aromatic amines is 1. The highest BCUT2D eigenvalue weighted by Gasteiger charge is 2.16. The molecule has 0 radical (unpaired) electrons. The Morgan fingerprint density at radius 3 is 2.93 bits per heavy atom.